The summed E-state index contributed by atoms with van der Waals surface area (Å²) in [6, 6.07) is 0. The number of amidine groups is 1. The van der Waals surface area contributed by atoms with Crippen molar-refractivity contribution in [2.75, 3.05) is 31.1 Å². The van der Waals surface area contributed by atoms with Gasteiger partial charge in [-0.25, -0.2) is 14.8 Å². The maximum atomic E-state index is 12.0. The van der Waals surface area contributed by atoms with Crippen LogP contribution in [-0.2, 0) is 4.74 Å². The van der Waals surface area contributed by atoms with Crippen LogP contribution in [0.25, 0.3) is 0 Å². The Kier molecular flexibility index (Phi) is 4.87. The van der Waals surface area contributed by atoms with Gasteiger partial charge in [0.05, 0.1) is 12.4 Å². The van der Waals surface area contributed by atoms with E-state index in [1.54, 1.807) is 11.1 Å². The molecular formula is C14H22N6O3. The van der Waals surface area contributed by atoms with Gasteiger partial charge in [-0.2, -0.15) is 0 Å². The highest BCUT2D eigenvalue weighted by Crippen LogP contribution is 2.15. The Bertz CT molecular complexity index is 573. The second-order valence-corrected chi connectivity index (χ2v) is 6.20. The number of hydrogen-bond acceptors (Lipinski definition) is 7. The predicted molar refractivity (Wildman–Crippen MR) is 84.6 cm³/mol. The number of hydrogen-bond donors (Lipinski definition) is 2. The first-order valence-electron chi connectivity index (χ1n) is 7.33. The summed E-state index contributed by atoms with van der Waals surface area (Å²) in [4.78, 5) is 24.1. The van der Waals surface area contributed by atoms with Gasteiger partial charge in [-0.3, -0.25) is 0 Å². The average molecular weight is 322 g/mol. The van der Waals surface area contributed by atoms with Crippen molar-refractivity contribution < 1.29 is 14.7 Å². The topological polar surface area (TPSA) is 117 Å². The van der Waals surface area contributed by atoms with Crippen LogP contribution < -0.4 is 10.6 Å². The molecule has 1 fully saturated rings. The van der Waals surface area contributed by atoms with Crippen molar-refractivity contribution in [3.05, 3.63) is 18.1 Å². The lowest BCUT2D eigenvalue weighted by Crippen LogP contribution is -2.50. The van der Waals surface area contributed by atoms with Gasteiger partial charge in [0.1, 0.15) is 17.1 Å². The minimum Gasteiger partial charge on any atom is -0.444 e. The van der Waals surface area contributed by atoms with E-state index in [0.717, 1.165) is 0 Å². The first-order chi connectivity index (χ1) is 10.8. The molecule has 0 unspecified atom stereocenters. The van der Waals surface area contributed by atoms with Gasteiger partial charge in [0.2, 0.25) is 0 Å². The quantitative estimate of drug-likeness (QED) is 0.355. The number of aromatic nitrogens is 2. The van der Waals surface area contributed by atoms with Crippen molar-refractivity contribution in [2.24, 2.45) is 10.9 Å². The van der Waals surface area contributed by atoms with Crippen LogP contribution in [0.5, 0.6) is 0 Å². The van der Waals surface area contributed by atoms with Crippen molar-refractivity contribution in [1.82, 2.24) is 14.9 Å². The molecule has 3 N–H and O–H groups in total. The third-order valence-corrected chi connectivity index (χ3v) is 3.26. The molecule has 1 aliphatic rings. The summed E-state index contributed by atoms with van der Waals surface area (Å²) in [5.74, 6) is 0.599. The minimum atomic E-state index is -0.496. The molecule has 23 heavy (non-hydrogen) atoms. The first kappa shape index (κ1) is 16.8. The van der Waals surface area contributed by atoms with Crippen molar-refractivity contribution in [1.29, 1.82) is 0 Å². The van der Waals surface area contributed by atoms with Crippen molar-refractivity contribution >= 4 is 17.7 Å². The molecule has 126 valence electrons. The maximum absolute atomic E-state index is 12.0. The highest BCUT2D eigenvalue weighted by Gasteiger charge is 2.26. The van der Waals surface area contributed by atoms with Gasteiger partial charge >= 0.3 is 6.09 Å². The molecule has 0 saturated carbocycles. The summed E-state index contributed by atoms with van der Waals surface area (Å²) in [5, 5.41) is 11.5. The fourth-order valence-electron chi connectivity index (χ4n) is 2.11. The second-order valence-electron chi connectivity index (χ2n) is 6.20. The Hall–Kier alpha value is -2.58. The lowest BCUT2D eigenvalue weighted by Gasteiger charge is -2.36. The summed E-state index contributed by atoms with van der Waals surface area (Å²) in [6.45, 7) is 7.92. The molecule has 9 heteroatoms. The number of anilines is 1. The fraction of sp³-hybridized carbons (Fsp3) is 0.571. The van der Waals surface area contributed by atoms with Gasteiger partial charge in [-0.05, 0) is 20.8 Å². The third kappa shape index (κ3) is 4.44. The molecule has 0 aliphatic carbocycles. The first-order valence-corrected chi connectivity index (χ1v) is 7.33. The van der Waals surface area contributed by atoms with Crippen LogP contribution >= 0.6 is 0 Å². The van der Waals surface area contributed by atoms with Crippen LogP contribution in [-0.4, -0.2) is 63.8 Å². The number of rotatable bonds is 2. The van der Waals surface area contributed by atoms with E-state index in [2.05, 4.69) is 15.1 Å². The van der Waals surface area contributed by atoms with Crippen molar-refractivity contribution in [2.45, 2.75) is 26.4 Å². The Morgan fingerprint density at radius 1 is 1.26 bits per heavy atom. The number of carbonyl (C=O) groups excluding carboxylic acids is 1. The van der Waals surface area contributed by atoms with E-state index >= 15 is 0 Å². The maximum Gasteiger partial charge on any atom is 0.410 e. The zero-order valence-corrected chi connectivity index (χ0v) is 13.6. The lowest BCUT2D eigenvalue weighted by molar-refractivity contribution is 0.0240. The van der Waals surface area contributed by atoms with Gasteiger partial charge in [-0.15, -0.1) is 0 Å². The van der Waals surface area contributed by atoms with E-state index in [4.69, 9.17) is 15.7 Å². The summed E-state index contributed by atoms with van der Waals surface area (Å²) in [6.07, 6.45) is 2.71. The Balaban J connectivity index is 1.93. The smallest absolute Gasteiger partial charge is 0.410 e. The molecule has 0 radical (unpaired) electrons. The summed E-state index contributed by atoms with van der Waals surface area (Å²) in [5.41, 5.74) is 5.26. The van der Waals surface area contributed by atoms with Crippen LogP contribution in [0, 0.1) is 0 Å². The van der Waals surface area contributed by atoms with E-state index in [0.29, 0.717) is 37.7 Å². The van der Waals surface area contributed by atoms with Crippen molar-refractivity contribution in [3.63, 3.8) is 0 Å². The largest absolute Gasteiger partial charge is 0.444 e. The van der Waals surface area contributed by atoms with Gasteiger partial charge in [0.15, 0.2) is 5.84 Å². The van der Waals surface area contributed by atoms with Crippen molar-refractivity contribution in [3.8, 4) is 0 Å². The zero-order valence-electron chi connectivity index (χ0n) is 13.6. The normalized spacial score (nSPS) is 16.4. The Morgan fingerprint density at radius 2 is 1.91 bits per heavy atom. The molecule has 1 amide bonds. The number of nitrogens with zero attached hydrogens (tertiary/aromatic N) is 5. The van der Waals surface area contributed by atoms with E-state index < -0.39 is 5.60 Å². The zero-order chi connectivity index (χ0) is 17.0. The molecule has 2 heterocycles. The van der Waals surface area contributed by atoms with Gasteiger partial charge in [0, 0.05) is 26.2 Å². The van der Waals surface area contributed by atoms with E-state index in [9.17, 15) is 4.79 Å². The molecule has 1 aromatic rings. The number of carbonyl (C=O) groups is 1. The Labute approximate surface area is 134 Å². The molecule has 1 aromatic heterocycles. The average Bonchev–Trinajstić information content (AvgIpc) is 2.53. The summed E-state index contributed by atoms with van der Waals surface area (Å²) in [7, 11) is 0. The van der Waals surface area contributed by atoms with Crippen LogP contribution in [0.3, 0.4) is 0 Å². The van der Waals surface area contributed by atoms with Gasteiger partial charge < -0.3 is 25.5 Å². The van der Waals surface area contributed by atoms with Crippen LogP contribution in [0.2, 0.25) is 0 Å². The molecule has 0 aromatic carbocycles. The third-order valence-electron chi connectivity index (χ3n) is 3.26. The van der Waals surface area contributed by atoms with E-state index in [-0.39, 0.29) is 11.9 Å². The van der Waals surface area contributed by atoms with Crippen LogP contribution in [0.4, 0.5) is 10.6 Å². The standard InChI is InChI=1S/C14H22N6O3/c1-14(2,3)23-13(21)20-6-4-19(5-7-20)11-9-16-10(8-17-11)12(15)18-22/h8-9,22H,4-7H2,1-3H3,(H2,15,18). The number of ether oxygens (including phenoxy) is 1. The highest BCUT2D eigenvalue weighted by atomic mass is 16.6. The monoisotopic (exact) mass is 322 g/mol. The highest BCUT2D eigenvalue weighted by molar-refractivity contribution is 5.94. The number of piperazine rings is 1. The molecule has 1 aliphatic heterocycles. The summed E-state index contributed by atoms with van der Waals surface area (Å²) >= 11 is 0. The van der Waals surface area contributed by atoms with Gasteiger partial charge in [0.25, 0.3) is 0 Å². The fourth-order valence-corrected chi connectivity index (χ4v) is 2.11. The minimum absolute atomic E-state index is 0.0844. The molecule has 1 saturated heterocycles. The van der Waals surface area contributed by atoms with Crippen LogP contribution in [0.15, 0.2) is 17.5 Å². The Morgan fingerprint density at radius 3 is 2.39 bits per heavy atom. The van der Waals surface area contributed by atoms with Crippen LogP contribution in [0.1, 0.15) is 26.5 Å². The number of amides is 1. The lowest BCUT2D eigenvalue weighted by atomic mass is 10.2. The molecule has 0 spiro atoms. The predicted octanol–water partition coefficient (Wildman–Crippen LogP) is 0.628. The number of nitrogens with two attached hydrogens (primary N) is 1. The molecule has 0 atom stereocenters. The van der Waals surface area contributed by atoms with E-state index in [1.807, 2.05) is 25.7 Å². The SMILES string of the molecule is CC(C)(C)OC(=O)N1CCN(c2cnc(C(N)=NO)cn2)CC1. The van der Waals surface area contributed by atoms with E-state index in [1.165, 1.54) is 6.20 Å². The van der Waals surface area contributed by atoms with Gasteiger partial charge in [-0.1, -0.05) is 5.16 Å². The molecule has 9 nitrogen and oxygen atoms in total. The molecular weight excluding hydrogens is 300 g/mol. The molecule has 2 rings (SSSR count). The summed E-state index contributed by atoms with van der Waals surface area (Å²) < 4.78 is 5.36. The molecule has 0 bridgehead atoms. The number of oxime groups is 1. The second kappa shape index (κ2) is 6.67.